The van der Waals surface area contributed by atoms with Crippen molar-refractivity contribution < 1.29 is 33.6 Å². The first kappa shape index (κ1) is 24.1. The highest BCUT2D eigenvalue weighted by Gasteiger charge is 2.47. The van der Waals surface area contributed by atoms with Gasteiger partial charge in [0.2, 0.25) is 0 Å². The molecule has 0 radical (unpaired) electrons. The van der Waals surface area contributed by atoms with E-state index in [0.29, 0.717) is 33.9 Å². The quantitative estimate of drug-likeness (QED) is 0.370. The van der Waals surface area contributed by atoms with Gasteiger partial charge in [-0.05, 0) is 43.2 Å². The lowest BCUT2D eigenvalue weighted by Gasteiger charge is -2.27. The van der Waals surface area contributed by atoms with Crippen LogP contribution in [0.15, 0.2) is 35.9 Å². The molecule has 8 heteroatoms. The monoisotopic (exact) mass is 455 g/mol. The normalized spacial score (nSPS) is 17.4. The Labute approximate surface area is 193 Å². The number of ether oxygens (including phenoxy) is 4. The van der Waals surface area contributed by atoms with Crippen molar-refractivity contribution in [3.8, 4) is 17.2 Å². The number of amides is 1. The van der Waals surface area contributed by atoms with Gasteiger partial charge in [0, 0.05) is 24.8 Å². The number of carbonyl (C=O) groups excluding carboxylic acids is 2. The Morgan fingerprint density at radius 3 is 2.27 bits per heavy atom. The average Bonchev–Trinajstić information content (AvgIpc) is 3.07. The molecule has 1 amide bonds. The average molecular weight is 456 g/mol. The van der Waals surface area contributed by atoms with E-state index in [1.807, 2.05) is 6.92 Å². The minimum absolute atomic E-state index is 0.0182. The van der Waals surface area contributed by atoms with Gasteiger partial charge in [-0.1, -0.05) is 12.1 Å². The molecule has 1 atom stereocenters. The third-order valence-electron chi connectivity index (χ3n) is 5.80. The van der Waals surface area contributed by atoms with Crippen LogP contribution >= 0.6 is 0 Å². The van der Waals surface area contributed by atoms with Crippen LogP contribution in [0.25, 0.3) is 5.76 Å². The van der Waals surface area contributed by atoms with Crippen LogP contribution in [0.1, 0.15) is 28.3 Å². The molecule has 1 heterocycles. The van der Waals surface area contributed by atoms with E-state index >= 15 is 0 Å². The summed E-state index contributed by atoms with van der Waals surface area (Å²) in [4.78, 5) is 27.6. The zero-order chi connectivity index (χ0) is 24.3. The number of hydrogen-bond acceptors (Lipinski definition) is 7. The van der Waals surface area contributed by atoms with Crippen LogP contribution in [0.5, 0.6) is 17.2 Å². The van der Waals surface area contributed by atoms with Crippen molar-refractivity contribution in [2.45, 2.75) is 19.9 Å². The van der Waals surface area contributed by atoms with Crippen LogP contribution in [0.2, 0.25) is 0 Å². The van der Waals surface area contributed by atoms with E-state index < -0.39 is 17.7 Å². The predicted molar refractivity (Wildman–Crippen MR) is 123 cm³/mol. The number of benzene rings is 2. The van der Waals surface area contributed by atoms with E-state index in [-0.39, 0.29) is 24.5 Å². The van der Waals surface area contributed by atoms with Crippen LogP contribution in [-0.4, -0.2) is 63.3 Å². The van der Waals surface area contributed by atoms with Crippen LogP contribution < -0.4 is 14.2 Å². The van der Waals surface area contributed by atoms with Gasteiger partial charge in [-0.2, -0.15) is 0 Å². The number of likely N-dealkylation sites (tertiary alicyclic amines) is 1. The van der Waals surface area contributed by atoms with E-state index in [0.717, 1.165) is 5.56 Å². The minimum Gasteiger partial charge on any atom is -0.507 e. The number of carbonyl (C=O) groups is 2. The zero-order valence-electron chi connectivity index (χ0n) is 19.7. The van der Waals surface area contributed by atoms with Crippen molar-refractivity contribution in [2.75, 3.05) is 41.6 Å². The number of aliphatic hydroxyl groups is 1. The molecule has 3 rings (SSSR count). The molecule has 1 unspecified atom stereocenters. The smallest absolute Gasteiger partial charge is 0.295 e. The Balaban J connectivity index is 2.30. The maximum Gasteiger partial charge on any atom is 0.295 e. The molecule has 2 aromatic carbocycles. The fraction of sp³-hybridized carbons (Fsp3) is 0.360. The van der Waals surface area contributed by atoms with E-state index in [1.165, 1.54) is 26.2 Å². The summed E-state index contributed by atoms with van der Waals surface area (Å²) >= 11 is 0. The van der Waals surface area contributed by atoms with E-state index in [2.05, 4.69) is 0 Å². The lowest BCUT2D eigenvalue weighted by Crippen LogP contribution is -2.32. The summed E-state index contributed by atoms with van der Waals surface area (Å²) in [6.07, 6.45) is 0. The van der Waals surface area contributed by atoms with Gasteiger partial charge in [0.05, 0.1) is 39.6 Å². The maximum absolute atomic E-state index is 13.2. The van der Waals surface area contributed by atoms with Crippen LogP contribution in [0.4, 0.5) is 0 Å². The molecule has 0 spiro atoms. The highest BCUT2D eigenvalue weighted by molar-refractivity contribution is 6.46. The van der Waals surface area contributed by atoms with Gasteiger partial charge in [-0.3, -0.25) is 9.59 Å². The Morgan fingerprint density at radius 1 is 0.970 bits per heavy atom. The molecule has 1 aliphatic heterocycles. The zero-order valence-corrected chi connectivity index (χ0v) is 19.7. The van der Waals surface area contributed by atoms with E-state index in [4.69, 9.17) is 18.9 Å². The van der Waals surface area contributed by atoms with Crippen molar-refractivity contribution in [1.29, 1.82) is 0 Å². The van der Waals surface area contributed by atoms with Gasteiger partial charge < -0.3 is 29.0 Å². The summed E-state index contributed by atoms with van der Waals surface area (Å²) in [5, 5.41) is 11.4. The lowest BCUT2D eigenvalue weighted by atomic mass is 9.92. The summed E-state index contributed by atoms with van der Waals surface area (Å²) in [5.41, 5.74) is 2.44. The first-order chi connectivity index (χ1) is 15.8. The third-order valence-corrected chi connectivity index (χ3v) is 5.80. The highest BCUT2D eigenvalue weighted by atomic mass is 16.5. The fourth-order valence-corrected chi connectivity index (χ4v) is 4.16. The van der Waals surface area contributed by atoms with Gasteiger partial charge in [-0.15, -0.1) is 0 Å². The topological polar surface area (TPSA) is 94.5 Å². The van der Waals surface area contributed by atoms with Gasteiger partial charge in [0.1, 0.15) is 11.5 Å². The van der Waals surface area contributed by atoms with Crippen LogP contribution in [0, 0.1) is 13.8 Å². The first-order valence-electron chi connectivity index (χ1n) is 10.4. The third kappa shape index (κ3) is 4.26. The number of para-hydroxylation sites is 1. The molecular weight excluding hydrogens is 426 g/mol. The largest absolute Gasteiger partial charge is 0.507 e. The van der Waals surface area contributed by atoms with Gasteiger partial charge in [0.25, 0.3) is 11.7 Å². The molecular formula is C25H29NO7. The molecule has 33 heavy (non-hydrogen) atoms. The van der Waals surface area contributed by atoms with Gasteiger partial charge >= 0.3 is 0 Å². The minimum atomic E-state index is -0.882. The van der Waals surface area contributed by atoms with Crippen molar-refractivity contribution in [3.05, 3.63) is 58.2 Å². The molecule has 1 aliphatic rings. The summed E-state index contributed by atoms with van der Waals surface area (Å²) in [6, 6.07) is 7.86. The number of aliphatic hydroxyl groups excluding tert-OH is 1. The Hall–Kier alpha value is -3.52. The van der Waals surface area contributed by atoms with Gasteiger partial charge in [0.15, 0.2) is 11.5 Å². The summed E-state index contributed by atoms with van der Waals surface area (Å²) in [6.45, 7) is 4.02. The molecule has 0 aliphatic carbocycles. The molecule has 1 fully saturated rings. The van der Waals surface area contributed by atoms with Gasteiger partial charge in [-0.25, -0.2) is 0 Å². The highest BCUT2D eigenvalue weighted by Crippen LogP contribution is 2.45. The number of nitrogens with zero attached hydrogens (tertiary/aromatic N) is 1. The number of hydrogen-bond donors (Lipinski definition) is 1. The number of aryl methyl sites for hydroxylation is 2. The molecule has 1 N–H and O–H groups in total. The summed E-state index contributed by atoms with van der Waals surface area (Å²) in [7, 11) is 6.07. The van der Waals surface area contributed by atoms with Crippen LogP contribution in [-0.2, 0) is 14.3 Å². The number of Topliss-reactive ketones (excluding diaryl/α,β-unsaturated/α-hetero) is 1. The second kappa shape index (κ2) is 9.95. The molecule has 176 valence electrons. The summed E-state index contributed by atoms with van der Waals surface area (Å²) in [5.74, 6) is -0.258. The second-order valence-electron chi connectivity index (χ2n) is 7.70. The fourth-order valence-electron chi connectivity index (χ4n) is 4.16. The Kier molecular flexibility index (Phi) is 7.28. The summed E-state index contributed by atoms with van der Waals surface area (Å²) < 4.78 is 21.5. The lowest BCUT2D eigenvalue weighted by molar-refractivity contribution is -0.140. The molecule has 0 saturated carbocycles. The van der Waals surface area contributed by atoms with Crippen molar-refractivity contribution in [3.63, 3.8) is 0 Å². The maximum atomic E-state index is 13.2. The first-order valence-corrected chi connectivity index (χ1v) is 10.4. The Morgan fingerprint density at radius 2 is 1.67 bits per heavy atom. The molecule has 0 aromatic heterocycles. The number of methoxy groups -OCH3 is 4. The molecule has 2 aromatic rings. The molecule has 8 nitrogen and oxygen atoms in total. The van der Waals surface area contributed by atoms with Crippen molar-refractivity contribution in [1.82, 2.24) is 4.90 Å². The number of ketones is 1. The molecule has 1 saturated heterocycles. The number of rotatable bonds is 8. The van der Waals surface area contributed by atoms with Crippen LogP contribution in [0.3, 0.4) is 0 Å². The molecule has 0 bridgehead atoms. The predicted octanol–water partition coefficient (Wildman–Crippen LogP) is 3.40. The van der Waals surface area contributed by atoms with E-state index in [9.17, 15) is 14.7 Å². The second-order valence-corrected chi connectivity index (χ2v) is 7.70. The Bertz CT molecular complexity index is 1110. The standard InChI is InChI=1S/C25H29NO7/c1-14-13-19(32-5)15(2)12-17(14)22(27)20-21(26(10-11-30-3)25(29)23(20)28)16-8-7-9-18(31-4)24(16)33-6/h7-9,12-13,21,27H,10-11H2,1-6H3/b22-20+. The van der Waals surface area contributed by atoms with Crippen molar-refractivity contribution in [2.24, 2.45) is 0 Å². The van der Waals surface area contributed by atoms with Crippen molar-refractivity contribution >= 4 is 17.4 Å². The SMILES string of the molecule is COCCN1C(=O)C(=O)/C(=C(/O)c2cc(C)c(OC)cc2C)C1c1cccc(OC)c1OC. The van der Waals surface area contributed by atoms with E-state index in [1.54, 1.807) is 44.4 Å².